The van der Waals surface area contributed by atoms with E-state index >= 15 is 0 Å². The van der Waals surface area contributed by atoms with Crippen LogP contribution in [-0.4, -0.2) is 39.5 Å². The summed E-state index contributed by atoms with van der Waals surface area (Å²) in [6, 6.07) is 10.9. The summed E-state index contributed by atoms with van der Waals surface area (Å²) in [4.78, 5) is 11.9. The molecule has 7 heteroatoms. The fraction of sp³-hybridized carbons (Fsp3) is 0.375. The number of ether oxygens (including phenoxy) is 2. The second-order valence-corrected chi connectivity index (χ2v) is 8.40. The molecule has 0 unspecified atom stereocenters. The number of rotatable bonds is 8. The molecule has 0 bridgehead atoms. The number of phenols is 1. The van der Waals surface area contributed by atoms with Crippen LogP contribution in [0.5, 0.6) is 17.2 Å². The zero-order valence-electron chi connectivity index (χ0n) is 18.7. The number of aryl methyl sites for hydroxylation is 1. The fourth-order valence-corrected chi connectivity index (χ4v) is 3.14. The van der Waals surface area contributed by atoms with Gasteiger partial charge in [0.05, 0.1) is 34.4 Å². The maximum atomic E-state index is 11.9. The van der Waals surface area contributed by atoms with Crippen LogP contribution in [0.25, 0.3) is 11.0 Å². The minimum Gasteiger partial charge on any atom is -1.00 e. The maximum absolute atomic E-state index is 11.9. The van der Waals surface area contributed by atoms with Gasteiger partial charge in [0.15, 0.2) is 0 Å². The first kappa shape index (κ1) is 25.0. The van der Waals surface area contributed by atoms with Crippen LogP contribution in [0, 0.1) is 13.8 Å². The third-order valence-electron chi connectivity index (χ3n) is 5.16. The van der Waals surface area contributed by atoms with Gasteiger partial charge >= 0.3 is 5.63 Å². The lowest BCUT2D eigenvalue weighted by Gasteiger charge is -2.24. The van der Waals surface area contributed by atoms with E-state index in [0.717, 1.165) is 29.5 Å². The van der Waals surface area contributed by atoms with Crippen molar-refractivity contribution in [1.82, 2.24) is 4.48 Å². The van der Waals surface area contributed by atoms with Crippen LogP contribution in [-0.2, 0) is 0 Å². The summed E-state index contributed by atoms with van der Waals surface area (Å²) in [5.74, 6) is 1.54. The van der Waals surface area contributed by atoms with Gasteiger partial charge in [0.25, 0.3) is 0 Å². The fourth-order valence-electron chi connectivity index (χ4n) is 3.14. The van der Waals surface area contributed by atoms with Gasteiger partial charge in [0.2, 0.25) is 0 Å². The number of hydrogen-bond acceptors (Lipinski definition) is 5. The summed E-state index contributed by atoms with van der Waals surface area (Å²) < 4.78 is 17.6. The third-order valence-corrected chi connectivity index (χ3v) is 5.16. The average Bonchev–Trinajstić information content (AvgIpc) is 2.67. The number of hydrogen-bond donors (Lipinski definition) is 1. The Morgan fingerprint density at radius 2 is 1.55 bits per heavy atom. The number of aromatic hydroxyl groups is 1. The number of nitrogens with zero attached hydrogens (tertiary/aromatic N) is 1. The normalized spacial score (nSPS) is 11.3. The van der Waals surface area contributed by atoms with Crippen LogP contribution >= 0.6 is 0 Å². The summed E-state index contributed by atoms with van der Waals surface area (Å²) in [5.41, 5.74) is 2.78. The highest BCUT2D eigenvalue weighted by Crippen LogP contribution is 2.29. The van der Waals surface area contributed by atoms with Crippen molar-refractivity contribution in [3.8, 4) is 17.2 Å². The van der Waals surface area contributed by atoms with E-state index in [1.165, 1.54) is 0 Å². The average molecular weight is 539 g/mol. The zero-order chi connectivity index (χ0) is 21.9. The van der Waals surface area contributed by atoms with E-state index in [9.17, 15) is 9.90 Å². The standard InChI is InChI=1S/C24H29NO5.HI/c1-16-17(2)24(27)30-23-15-20(8-9-22(16)23)28-10-6-7-11-29-21-13-18(25(3,4)5)12-19(26)14-21;/h8-9,12-15H,6-7,10-11H2,1-5H3;1H. The molecule has 2 aromatic carbocycles. The van der Waals surface area contributed by atoms with Crippen molar-refractivity contribution < 1.29 is 43.0 Å². The van der Waals surface area contributed by atoms with Crippen molar-refractivity contribution in [1.29, 1.82) is 0 Å². The molecule has 0 saturated carbocycles. The number of unbranched alkanes of at least 4 members (excludes halogenated alkanes) is 1. The monoisotopic (exact) mass is 539 g/mol. The van der Waals surface area contributed by atoms with Gasteiger partial charge in [-0.2, -0.15) is 0 Å². The van der Waals surface area contributed by atoms with Gasteiger partial charge in [-0.15, -0.1) is 0 Å². The lowest BCUT2D eigenvalue weighted by Crippen LogP contribution is -3.00. The molecular formula is C24H30INO5. The molecule has 3 aromatic rings. The largest absolute Gasteiger partial charge is 1.00 e. The molecule has 0 atom stereocenters. The van der Waals surface area contributed by atoms with E-state index in [4.69, 9.17) is 13.9 Å². The van der Waals surface area contributed by atoms with Crippen molar-refractivity contribution in [2.24, 2.45) is 0 Å². The van der Waals surface area contributed by atoms with Crippen molar-refractivity contribution in [3.05, 3.63) is 57.9 Å². The van der Waals surface area contributed by atoms with Crippen molar-refractivity contribution >= 4 is 16.7 Å². The molecule has 0 spiro atoms. The first-order valence-electron chi connectivity index (χ1n) is 10.1. The molecule has 6 nitrogen and oxygen atoms in total. The van der Waals surface area contributed by atoms with E-state index in [2.05, 4.69) is 0 Å². The van der Waals surface area contributed by atoms with E-state index in [1.54, 1.807) is 25.1 Å². The highest BCUT2D eigenvalue weighted by Gasteiger charge is 2.15. The Balaban J connectivity index is 0.00000341. The Hall–Kier alpha value is -2.26. The Labute approximate surface area is 200 Å². The van der Waals surface area contributed by atoms with Gasteiger partial charge in [-0.1, -0.05) is 0 Å². The smallest absolute Gasteiger partial charge is 0.339 e. The number of fused-ring (bicyclic) bond motifs is 1. The molecule has 3 rings (SSSR count). The molecule has 0 fully saturated rings. The highest BCUT2D eigenvalue weighted by atomic mass is 127. The van der Waals surface area contributed by atoms with E-state index in [1.807, 2.05) is 46.3 Å². The molecule has 0 aliphatic rings. The van der Waals surface area contributed by atoms with Crippen LogP contribution in [0.2, 0.25) is 0 Å². The molecule has 0 aliphatic heterocycles. The molecule has 0 amide bonds. The third kappa shape index (κ3) is 6.36. The van der Waals surface area contributed by atoms with Crippen LogP contribution in [0.3, 0.4) is 0 Å². The van der Waals surface area contributed by atoms with Gasteiger partial charge < -0.3 is 43.0 Å². The zero-order valence-corrected chi connectivity index (χ0v) is 20.9. The number of phenolic OH excluding ortho intramolecular Hbond substituents is 1. The first-order chi connectivity index (χ1) is 14.1. The van der Waals surface area contributed by atoms with Gasteiger partial charge in [-0.3, -0.25) is 4.48 Å². The van der Waals surface area contributed by atoms with Gasteiger partial charge in [0, 0.05) is 35.2 Å². The maximum Gasteiger partial charge on any atom is 0.339 e. The Morgan fingerprint density at radius 3 is 2.19 bits per heavy atom. The van der Waals surface area contributed by atoms with Crippen LogP contribution < -0.4 is 43.6 Å². The summed E-state index contributed by atoms with van der Waals surface area (Å²) in [7, 11) is 6.11. The molecule has 1 heterocycles. The van der Waals surface area contributed by atoms with Crippen molar-refractivity contribution in [3.63, 3.8) is 0 Å². The van der Waals surface area contributed by atoms with Gasteiger partial charge in [-0.25, -0.2) is 4.79 Å². The van der Waals surface area contributed by atoms with Crippen LogP contribution in [0.15, 0.2) is 45.6 Å². The molecule has 0 aliphatic carbocycles. The number of benzene rings is 2. The van der Waals surface area contributed by atoms with Crippen molar-refractivity contribution in [2.45, 2.75) is 26.7 Å². The predicted octanol–water partition coefficient (Wildman–Crippen LogP) is 1.55. The summed E-state index contributed by atoms with van der Waals surface area (Å²) in [6.45, 7) is 4.76. The lowest BCUT2D eigenvalue weighted by atomic mass is 10.1. The second-order valence-electron chi connectivity index (χ2n) is 8.40. The van der Waals surface area contributed by atoms with Gasteiger partial charge in [0.1, 0.15) is 28.5 Å². The molecule has 168 valence electrons. The van der Waals surface area contributed by atoms with Gasteiger partial charge in [-0.05, 0) is 44.4 Å². The molecular weight excluding hydrogens is 509 g/mol. The van der Waals surface area contributed by atoms with Crippen molar-refractivity contribution in [2.75, 3.05) is 34.4 Å². The summed E-state index contributed by atoms with van der Waals surface area (Å²) >= 11 is 0. The first-order valence-corrected chi connectivity index (χ1v) is 10.1. The van der Waals surface area contributed by atoms with E-state index in [-0.39, 0.29) is 35.4 Å². The number of quaternary nitrogens is 1. The van der Waals surface area contributed by atoms with E-state index < -0.39 is 0 Å². The van der Waals surface area contributed by atoms with Crippen LogP contribution in [0.1, 0.15) is 24.0 Å². The second kappa shape index (κ2) is 10.4. The summed E-state index contributed by atoms with van der Waals surface area (Å²) in [5, 5.41) is 10.8. The Morgan fingerprint density at radius 1 is 0.903 bits per heavy atom. The molecule has 1 N–H and O–H groups in total. The van der Waals surface area contributed by atoms with Crippen LogP contribution in [0.4, 0.5) is 5.69 Å². The Kier molecular flexibility index (Phi) is 8.36. The molecule has 0 radical (unpaired) electrons. The molecule has 1 aromatic heterocycles. The van der Waals surface area contributed by atoms with E-state index in [0.29, 0.717) is 40.3 Å². The topological polar surface area (TPSA) is 68.9 Å². The SMILES string of the molecule is Cc1c(C)c2ccc(OCCCCOc3cc(O)cc([N+](C)(C)C)c3)cc2oc1=O.[I-]. The predicted molar refractivity (Wildman–Crippen MR) is 120 cm³/mol. The Bertz CT molecular complexity index is 1100. The molecule has 31 heavy (non-hydrogen) atoms. The molecule has 0 saturated heterocycles. The highest BCUT2D eigenvalue weighted by molar-refractivity contribution is 5.82. The minimum atomic E-state index is -0.310. The minimum absolute atomic E-state index is 0. The summed E-state index contributed by atoms with van der Waals surface area (Å²) in [6.07, 6.45) is 1.63. The quantitative estimate of drug-likeness (QED) is 0.204. The lowest BCUT2D eigenvalue weighted by molar-refractivity contribution is -0.00000904. The number of halogens is 1.